The summed E-state index contributed by atoms with van der Waals surface area (Å²) in [6.45, 7) is 2.59. The van der Waals surface area contributed by atoms with Gasteiger partial charge >= 0.3 is 0 Å². The van der Waals surface area contributed by atoms with Gasteiger partial charge in [0.2, 0.25) is 0 Å². The predicted octanol–water partition coefficient (Wildman–Crippen LogP) is 0.690. The molecule has 0 radical (unpaired) electrons. The van der Waals surface area contributed by atoms with Crippen molar-refractivity contribution in [3.8, 4) is 0 Å². The molecule has 0 saturated carbocycles. The minimum atomic E-state index is 0.219. The van der Waals surface area contributed by atoms with Crippen molar-refractivity contribution in [3.05, 3.63) is 18.0 Å². The standard InChI is InChI=1S/C13H21N3O2/c1-16-10-11(9-15-16)8-12(17)4-7-18-13-2-5-14-6-3-13/h9-10,13-14H,2-8H2,1H3. The van der Waals surface area contributed by atoms with Crippen LogP contribution in [-0.4, -0.2) is 41.4 Å². The molecule has 100 valence electrons. The third-order valence-corrected chi connectivity index (χ3v) is 3.18. The summed E-state index contributed by atoms with van der Waals surface area (Å²) in [5.74, 6) is 0.219. The second kappa shape index (κ2) is 6.66. The van der Waals surface area contributed by atoms with Gasteiger partial charge in [-0.05, 0) is 31.5 Å². The highest BCUT2D eigenvalue weighted by Gasteiger charge is 2.13. The number of hydrogen-bond acceptors (Lipinski definition) is 4. The van der Waals surface area contributed by atoms with E-state index in [0.717, 1.165) is 31.5 Å². The van der Waals surface area contributed by atoms with Crippen LogP contribution >= 0.6 is 0 Å². The summed E-state index contributed by atoms with van der Waals surface area (Å²) in [6, 6.07) is 0. The Morgan fingerprint density at radius 1 is 1.56 bits per heavy atom. The van der Waals surface area contributed by atoms with Gasteiger partial charge in [-0.15, -0.1) is 0 Å². The van der Waals surface area contributed by atoms with E-state index in [-0.39, 0.29) is 5.78 Å². The molecule has 1 aliphatic rings. The summed E-state index contributed by atoms with van der Waals surface area (Å²) < 4.78 is 7.43. The van der Waals surface area contributed by atoms with Gasteiger partial charge in [-0.3, -0.25) is 9.48 Å². The van der Waals surface area contributed by atoms with Crippen LogP contribution in [-0.2, 0) is 23.0 Å². The quantitative estimate of drug-likeness (QED) is 0.808. The van der Waals surface area contributed by atoms with E-state index in [0.29, 0.717) is 25.6 Å². The maximum atomic E-state index is 11.7. The first kappa shape index (κ1) is 13.2. The van der Waals surface area contributed by atoms with E-state index in [1.54, 1.807) is 10.9 Å². The summed E-state index contributed by atoms with van der Waals surface area (Å²) in [4.78, 5) is 11.7. The van der Waals surface area contributed by atoms with Crippen molar-refractivity contribution < 1.29 is 9.53 Å². The van der Waals surface area contributed by atoms with Crippen molar-refractivity contribution >= 4 is 5.78 Å². The van der Waals surface area contributed by atoms with Crippen LogP contribution in [0.5, 0.6) is 0 Å². The predicted molar refractivity (Wildman–Crippen MR) is 68.4 cm³/mol. The molecular formula is C13H21N3O2. The second-order valence-corrected chi connectivity index (χ2v) is 4.81. The average molecular weight is 251 g/mol. The molecule has 0 atom stereocenters. The largest absolute Gasteiger partial charge is 0.378 e. The Morgan fingerprint density at radius 3 is 3.00 bits per heavy atom. The number of carbonyl (C=O) groups is 1. The van der Waals surface area contributed by atoms with E-state index < -0.39 is 0 Å². The Balaban J connectivity index is 1.62. The lowest BCUT2D eigenvalue weighted by molar-refractivity contribution is -0.120. The molecule has 1 aromatic rings. The van der Waals surface area contributed by atoms with Gasteiger partial charge in [0.15, 0.2) is 0 Å². The van der Waals surface area contributed by atoms with Crippen molar-refractivity contribution in [1.82, 2.24) is 15.1 Å². The van der Waals surface area contributed by atoms with Crippen LogP contribution in [0.15, 0.2) is 12.4 Å². The van der Waals surface area contributed by atoms with E-state index >= 15 is 0 Å². The molecule has 0 amide bonds. The van der Waals surface area contributed by atoms with Crippen LogP contribution in [0.3, 0.4) is 0 Å². The Labute approximate surface area is 108 Å². The zero-order valence-corrected chi connectivity index (χ0v) is 10.9. The van der Waals surface area contributed by atoms with E-state index in [9.17, 15) is 4.79 Å². The number of nitrogens with one attached hydrogen (secondary N) is 1. The highest BCUT2D eigenvalue weighted by molar-refractivity contribution is 5.80. The van der Waals surface area contributed by atoms with Crippen LogP contribution in [0.25, 0.3) is 0 Å². The molecule has 1 aliphatic heterocycles. The molecule has 0 aliphatic carbocycles. The van der Waals surface area contributed by atoms with Crippen molar-refractivity contribution in [1.29, 1.82) is 0 Å². The third kappa shape index (κ3) is 4.23. The number of ether oxygens (including phenoxy) is 1. The minimum absolute atomic E-state index is 0.219. The van der Waals surface area contributed by atoms with Gasteiger partial charge in [-0.2, -0.15) is 5.10 Å². The molecule has 5 heteroatoms. The van der Waals surface area contributed by atoms with Gasteiger partial charge in [0.1, 0.15) is 5.78 Å². The van der Waals surface area contributed by atoms with Crippen LogP contribution < -0.4 is 5.32 Å². The minimum Gasteiger partial charge on any atom is -0.378 e. The molecule has 0 aromatic carbocycles. The number of carbonyl (C=O) groups excluding carboxylic acids is 1. The Hall–Kier alpha value is -1.20. The fourth-order valence-electron chi connectivity index (χ4n) is 2.18. The molecule has 2 heterocycles. The van der Waals surface area contributed by atoms with Crippen LogP contribution in [0.4, 0.5) is 0 Å². The molecule has 1 saturated heterocycles. The Morgan fingerprint density at radius 2 is 2.33 bits per heavy atom. The first-order valence-corrected chi connectivity index (χ1v) is 6.55. The highest BCUT2D eigenvalue weighted by Crippen LogP contribution is 2.08. The van der Waals surface area contributed by atoms with E-state index in [1.807, 2.05) is 13.2 Å². The first-order valence-electron chi connectivity index (χ1n) is 6.55. The van der Waals surface area contributed by atoms with Gasteiger partial charge in [-0.1, -0.05) is 0 Å². The lowest BCUT2D eigenvalue weighted by atomic mass is 10.1. The topological polar surface area (TPSA) is 56.1 Å². The van der Waals surface area contributed by atoms with Gasteiger partial charge in [0.25, 0.3) is 0 Å². The zero-order chi connectivity index (χ0) is 12.8. The number of aryl methyl sites for hydroxylation is 1. The normalized spacial score (nSPS) is 16.9. The summed E-state index contributed by atoms with van der Waals surface area (Å²) in [5.41, 5.74) is 0.976. The molecule has 1 N–H and O–H groups in total. The monoisotopic (exact) mass is 251 g/mol. The summed E-state index contributed by atoms with van der Waals surface area (Å²) in [7, 11) is 1.86. The van der Waals surface area contributed by atoms with Gasteiger partial charge < -0.3 is 10.1 Å². The number of rotatable bonds is 6. The third-order valence-electron chi connectivity index (χ3n) is 3.18. The smallest absolute Gasteiger partial charge is 0.139 e. The van der Waals surface area contributed by atoms with Crippen molar-refractivity contribution in [2.24, 2.45) is 7.05 Å². The molecule has 18 heavy (non-hydrogen) atoms. The zero-order valence-electron chi connectivity index (χ0n) is 10.9. The first-order chi connectivity index (χ1) is 8.74. The van der Waals surface area contributed by atoms with Gasteiger partial charge in [-0.25, -0.2) is 0 Å². The van der Waals surface area contributed by atoms with Crippen LogP contribution in [0, 0.1) is 0 Å². The number of piperidine rings is 1. The molecule has 5 nitrogen and oxygen atoms in total. The SMILES string of the molecule is Cn1cc(CC(=O)CCOC2CCNCC2)cn1. The van der Waals surface area contributed by atoms with Crippen molar-refractivity contribution in [2.75, 3.05) is 19.7 Å². The van der Waals surface area contributed by atoms with E-state index in [2.05, 4.69) is 10.4 Å². The summed E-state index contributed by atoms with van der Waals surface area (Å²) in [6.07, 6.45) is 7.02. The average Bonchev–Trinajstić information content (AvgIpc) is 2.76. The molecule has 1 aromatic heterocycles. The van der Waals surface area contributed by atoms with Crippen molar-refractivity contribution in [3.63, 3.8) is 0 Å². The Bertz CT molecular complexity index is 383. The molecule has 2 rings (SSSR count). The summed E-state index contributed by atoms with van der Waals surface area (Å²) >= 11 is 0. The van der Waals surface area contributed by atoms with Gasteiger partial charge in [0.05, 0.1) is 18.9 Å². The van der Waals surface area contributed by atoms with Crippen LogP contribution in [0.2, 0.25) is 0 Å². The molecule has 0 spiro atoms. The molecule has 1 fully saturated rings. The highest BCUT2D eigenvalue weighted by atomic mass is 16.5. The van der Waals surface area contributed by atoms with E-state index in [1.165, 1.54) is 0 Å². The number of hydrogen-bond donors (Lipinski definition) is 1. The van der Waals surface area contributed by atoms with Gasteiger partial charge in [0, 0.05) is 26.1 Å². The number of nitrogens with zero attached hydrogens (tertiary/aromatic N) is 2. The Kier molecular flexibility index (Phi) is 4.90. The maximum absolute atomic E-state index is 11.7. The molecule has 0 unspecified atom stereocenters. The lowest BCUT2D eigenvalue weighted by Crippen LogP contribution is -2.32. The number of Topliss-reactive ketones (excluding diaryl/α,β-unsaturated/α-hetero) is 1. The number of aromatic nitrogens is 2. The molecular weight excluding hydrogens is 230 g/mol. The second-order valence-electron chi connectivity index (χ2n) is 4.81. The van der Waals surface area contributed by atoms with Crippen molar-refractivity contribution in [2.45, 2.75) is 31.8 Å². The molecule has 0 bridgehead atoms. The fourth-order valence-corrected chi connectivity index (χ4v) is 2.18. The van der Waals surface area contributed by atoms with Crippen LogP contribution in [0.1, 0.15) is 24.8 Å². The number of ketones is 1. The maximum Gasteiger partial charge on any atom is 0.139 e. The fraction of sp³-hybridized carbons (Fsp3) is 0.692. The summed E-state index contributed by atoms with van der Waals surface area (Å²) in [5, 5.41) is 7.34. The van der Waals surface area contributed by atoms with E-state index in [4.69, 9.17) is 4.74 Å². The lowest BCUT2D eigenvalue weighted by Gasteiger charge is -2.22.